The summed E-state index contributed by atoms with van der Waals surface area (Å²) in [6.45, 7) is 2.24. The Hall–Kier alpha value is -2.44. The van der Waals surface area contributed by atoms with Gasteiger partial charge in [0.1, 0.15) is 5.82 Å². The predicted octanol–water partition coefficient (Wildman–Crippen LogP) is 1.64. The maximum atomic E-state index is 10.8. The predicted molar refractivity (Wildman–Crippen MR) is 66.2 cm³/mol. The normalized spacial score (nSPS) is 10.3. The first-order chi connectivity index (χ1) is 8.59. The Balaban J connectivity index is 2.17. The topological polar surface area (TPSA) is 85.9 Å². The number of nitro groups is 1. The molecular formula is C11H13N5O2. The number of hydrogen-bond acceptors (Lipinski definition) is 5. The number of nitrogens with one attached hydrogen (secondary N) is 1. The van der Waals surface area contributed by atoms with Crippen molar-refractivity contribution in [1.82, 2.24) is 15.0 Å². The molecule has 0 unspecified atom stereocenters. The molecule has 0 amide bonds. The summed E-state index contributed by atoms with van der Waals surface area (Å²) in [6.07, 6.45) is 1.60. The summed E-state index contributed by atoms with van der Waals surface area (Å²) in [5, 5.41) is 21.5. The van der Waals surface area contributed by atoms with Gasteiger partial charge in [0, 0.05) is 25.2 Å². The van der Waals surface area contributed by atoms with Gasteiger partial charge in [0.2, 0.25) is 0 Å². The fourth-order valence-corrected chi connectivity index (χ4v) is 1.69. The molecule has 0 aliphatic heterocycles. The van der Waals surface area contributed by atoms with Crippen LogP contribution in [-0.4, -0.2) is 19.9 Å². The van der Waals surface area contributed by atoms with Crippen LogP contribution in [0.1, 0.15) is 11.1 Å². The monoisotopic (exact) mass is 247 g/mol. The van der Waals surface area contributed by atoms with Crippen molar-refractivity contribution in [3.63, 3.8) is 0 Å². The molecule has 1 aromatic heterocycles. The number of nitro benzene ring substituents is 1. The first kappa shape index (κ1) is 12.0. The maximum Gasteiger partial charge on any atom is 0.272 e. The van der Waals surface area contributed by atoms with Crippen molar-refractivity contribution in [2.24, 2.45) is 7.05 Å². The van der Waals surface area contributed by atoms with E-state index in [1.807, 2.05) is 6.07 Å². The lowest BCUT2D eigenvalue weighted by Gasteiger charge is -2.08. The van der Waals surface area contributed by atoms with E-state index in [0.717, 1.165) is 11.4 Å². The number of hydrogen-bond donors (Lipinski definition) is 1. The Labute approximate surface area is 104 Å². The van der Waals surface area contributed by atoms with Crippen LogP contribution in [0.5, 0.6) is 0 Å². The van der Waals surface area contributed by atoms with E-state index in [4.69, 9.17) is 0 Å². The highest BCUT2D eigenvalue weighted by atomic mass is 16.6. The van der Waals surface area contributed by atoms with Crippen molar-refractivity contribution in [3.8, 4) is 0 Å². The summed E-state index contributed by atoms with van der Waals surface area (Å²) in [5.74, 6) is 0.765. The molecule has 0 radical (unpaired) electrons. The minimum Gasteiger partial charge on any atom is -0.365 e. The van der Waals surface area contributed by atoms with Gasteiger partial charge in [-0.2, -0.15) is 0 Å². The van der Waals surface area contributed by atoms with Crippen molar-refractivity contribution >= 4 is 11.5 Å². The maximum absolute atomic E-state index is 10.8. The molecule has 1 aromatic carbocycles. The van der Waals surface area contributed by atoms with E-state index in [1.165, 1.54) is 6.07 Å². The average molecular weight is 247 g/mol. The lowest BCUT2D eigenvalue weighted by molar-refractivity contribution is -0.385. The van der Waals surface area contributed by atoms with E-state index in [9.17, 15) is 10.1 Å². The highest BCUT2D eigenvalue weighted by molar-refractivity contribution is 5.46. The number of aromatic nitrogens is 3. The molecule has 0 fully saturated rings. The molecule has 0 bridgehead atoms. The lowest BCUT2D eigenvalue weighted by atomic mass is 10.1. The third-order valence-corrected chi connectivity index (χ3v) is 2.79. The number of nitrogens with zero attached hydrogens (tertiary/aromatic N) is 4. The summed E-state index contributed by atoms with van der Waals surface area (Å²) < 4.78 is 1.60. The van der Waals surface area contributed by atoms with E-state index in [2.05, 4.69) is 15.6 Å². The second kappa shape index (κ2) is 4.82. The Kier molecular flexibility index (Phi) is 3.22. The van der Waals surface area contributed by atoms with Gasteiger partial charge in [-0.3, -0.25) is 10.1 Å². The van der Waals surface area contributed by atoms with Crippen LogP contribution in [0.15, 0.2) is 24.4 Å². The number of aryl methyl sites for hydroxylation is 1. The van der Waals surface area contributed by atoms with Gasteiger partial charge < -0.3 is 5.32 Å². The lowest BCUT2D eigenvalue weighted by Crippen LogP contribution is -2.06. The number of anilines is 1. The summed E-state index contributed by atoms with van der Waals surface area (Å²) in [7, 11) is 1.77. The fraction of sp³-hybridized carbons (Fsp3) is 0.273. The van der Waals surface area contributed by atoms with Gasteiger partial charge in [-0.25, -0.2) is 4.68 Å². The average Bonchev–Trinajstić information content (AvgIpc) is 2.73. The molecule has 1 N–H and O–H groups in total. The zero-order valence-electron chi connectivity index (χ0n) is 10.1. The van der Waals surface area contributed by atoms with Gasteiger partial charge in [0.15, 0.2) is 0 Å². The van der Waals surface area contributed by atoms with Gasteiger partial charge in [0.25, 0.3) is 5.69 Å². The molecular weight excluding hydrogens is 234 g/mol. The van der Waals surface area contributed by atoms with Crippen LogP contribution >= 0.6 is 0 Å². The fourth-order valence-electron chi connectivity index (χ4n) is 1.69. The van der Waals surface area contributed by atoms with Gasteiger partial charge in [-0.05, 0) is 12.5 Å². The quantitative estimate of drug-likeness (QED) is 0.655. The number of benzene rings is 1. The van der Waals surface area contributed by atoms with Crippen molar-refractivity contribution in [2.75, 3.05) is 5.32 Å². The Morgan fingerprint density at radius 2 is 2.28 bits per heavy atom. The van der Waals surface area contributed by atoms with E-state index in [1.54, 1.807) is 30.9 Å². The van der Waals surface area contributed by atoms with Crippen molar-refractivity contribution in [2.45, 2.75) is 13.5 Å². The molecule has 0 saturated heterocycles. The molecule has 94 valence electrons. The van der Waals surface area contributed by atoms with Gasteiger partial charge in [-0.1, -0.05) is 17.3 Å². The first-order valence-electron chi connectivity index (χ1n) is 5.41. The largest absolute Gasteiger partial charge is 0.365 e. The minimum atomic E-state index is -0.371. The van der Waals surface area contributed by atoms with Crippen LogP contribution < -0.4 is 5.32 Å². The number of rotatable bonds is 4. The third kappa shape index (κ3) is 2.29. The van der Waals surface area contributed by atoms with Crippen LogP contribution in [0.4, 0.5) is 11.5 Å². The second-order valence-electron chi connectivity index (χ2n) is 3.91. The van der Waals surface area contributed by atoms with Crippen LogP contribution in [0.25, 0.3) is 0 Å². The van der Waals surface area contributed by atoms with Crippen LogP contribution in [0, 0.1) is 17.0 Å². The summed E-state index contributed by atoms with van der Waals surface area (Å²) in [5.41, 5.74) is 1.69. The Morgan fingerprint density at radius 3 is 2.89 bits per heavy atom. The third-order valence-electron chi connectivity index (χ3n) is 2.79. The molecule has 18 heavy (non-hydrogen) atoms. The molecule has 0 aliphatic carbocycles. The van der Waals surface area contributed by atoms with E-state index in [-0.39, 0.29) is 10.6 Å². The van der Waals surface area contributed by atoms with Crippen molar-refractivity contribution in [1.29, 1.82) is 0 Å². The van der Waals surface area contributed by atoms with Crippen LogP contribution in [-0.2, 0) is 13.6 Å². The standard InChI is InChI=1S/C11H13N5O2/c1-8-9(4-3-5-10(8)16(17)18)6-12-11-7-13-14-15(11)2/h3-5,7,12H,6H2,1-2H3. The molecule has 7 heteroatoms. The van der Waals surface area contributed by atoms with Crippen LogP contribution in [0.3, 0.4) is 0 Å². The SMILES string of the molecule is Cc1c(CNc2cnnn2C)cccc1[N+](=O)[O-]. The van der Waals surface area contributed by atoms with Gasteiger partial charge >= 0.3 is 0 Å². The molecule has 2 rings (SSSR count). The summed E-state index contributed by atoms with van der Waals surface area (Å²) >= 11 is 0. The van der Waals surface area contributed by atoms with Crippen LogP contribution in [0.2, 0.25) is 0 Å². The van der Waals surface area contributed by atoms with E-state index < -0.39 is 0 Å². The highest BCUT2D eigenvalue weighted by Crippen LogP contribution is 2.21. The molecule has 0 atom stereocenters. The summed E-state index contributed by atoms with van der Waals surface area (Å²) in [4.78, 5) is 10.5. The zero-order chi connectivity index (χ0) is 13.1. The minimum absolute atomic E-state index is 0.137. The Morgan fingerprint density at radius 1 is 1.50 bits per heavy atom. The molecule has 0 saturated carbocycles. The van der Waals surface area contributed by atoms with Gasteiger partial charge in [0.05, 0.1) is 11.1 Å². The molecule has 0 spiro atoms. The second-order valence-corrected chi connectivity index (χ2v) is 3.91. The molecule has 2 aromatic rings. The molecule has 1 heterocycles. The Bertz CT molecular complexity index is 579. The highest BCUT2D eigenvalue weighted by Gasteiger charge is 2.13. The van der Waals surface area contributed by atoms with Crippen molar-refractivity contribution in [3.05, 3.63) is 45.6 Å². The van der Waals surface area contributed by atoms with Gasteiger partial charge in [-0.15, -0.1) is 5.10 Å². The summed E-state index contributed by atoms with van der Waals surface area (Å²) in [6, 6.07) is 5.05. The smallest absolute Gasteiger partial charge is 0.272 e. The van der Waals surface area contributed by atoms with E-state index >= 15 is 0 Å². The molecule has 7 nitrogen and oxygen atoms in total. The zero-order valence-corrected chi connectivity index (χ0v) is 10.1. The van der Waals surface area contributed by atoms with Crippen molar-refractivity contribution < 1.29 is 4.92 Å². The van der Waals surface area contributed by atoms with E-state index in [0.29, 0.717) is 12.1 Å². The first-order valence-corrected chi connectivity index (χ1v) is 5.41. The molecule has 0 aliphatic rings.